The number of para-hydroxylation sites is 1. The molecule has 0 saturated heterocycles. The fourth-order valence-corrected chi connectivity index (χ4v) is 3.76. The maximum Gasteiger partial charge on any atom is 0.151 e. The maximum absolute atomic E-state index is 14.1. The lowest BCUT2D eigenvalue weighted by Crippen LogP contribution is -2.37. The molecule has 1 fully saturated rings. The van der Waals surface area contributed by atoms with E-state index in [-0.39, 0.29) is 11.2 Å². The van der Waals surface area contributed by atoms with Crippen molar-refractivity contribution < 1.29 is 4.39 Å². The molecule has 114 valence electrons. The molecule has 1 aromatic heterocycles. The number of aromatic nitrogens is 2. The molecule has 1 aliphatic rings. The first-order valence-electron chi connectivity index (χ1n) is 8.07. The molecule has 4 heteroatoms. The minimum absolute atomic E-state index is 0.0853. The van der Waals surface area contributed by atoms with E-state index in [9.17, 15) is 4.39 Å². The summed E-state index contributed by atoms with van der Waals surface area (Å²) in [7, 11) is 0. The molecule has 2 aromatic rings. The minimum atomic E-state index is -0.234. The number of hydrogen-bond acceptors (Lipinski definition) is 2. The second-order valence-electron chi connectivity index (χ2n) is 6.19. The first-order chi connectivity index (χ1) is 10.2. The van der Waals surface area contributed by atoms with Gasteiger partial charge in [-0.2, -0.15) is 0 Å². The van der Waals surface area contributed by atoms with E-state index in [0.29, 0.717) is 12.1 Å². The minimum Gasteiger partial charge on any atom is -0.329 e. The molecule has 0 unspecified atom stereocenters. The third-order valence-electron chi connectivity index (χ3n) is 4.97. The summed E-state index contributed by atoms with van der Waals surface area (Å²) in [5.74, 6) is 0.760. The van der Waals surface area contributed by atoms with E-state index < -0.39 is 0 Å². The average Bonchev–Trinajstić information content (AvgIpc) is 2.73. The van der Waals surface area contributed by atoms with Gasteiger partial charge in [0.1, 0.15) is 11.3 Å². The molecular formula is C17H24FN3. The SMILES string of the molecule is CCn1c(C2(CN)CCCCCC2)nc2c(F)cccc21. The molecule has 21 heavy (non-hydrogen) atoms. The van der Waals surface area contributed by atoms with Crippen LogP contribution in [-0.2, 0) is 12.0 Å². The number of hydrogen-bond donors (Lipinski definition) is 1. The molecular weight excluding hydrogens is 265 g/mol. The van der Waals surface area contributed by atoms with E-state index in [1.54, 1.807) is 6.07 Å². The zero-order valence-electron chi connectivity index (χ0n) is 12.7. The van der Waals surface area contributed by atoms with Gasteiger partial charge >= 0.3 is 0 Å². The molecule has 0 radical (unpaired) electrons. The zero-order chi connectivity index (χ0) is 14.9. The van der Waals surface area contributed by atoms with E-state index in [0.717, 1.165) is 30.7 Å². The predicted molar refractivity (Wildman–Crippen MR) is 83.8 cm³/mol. The summed E-state index contributed by atoms with van der Waals surface area (Å²) in [6, 6.07) is 5.21. The number of halogens is 1. The van der Waals surface area contributed by atoms with Crippen LogP contribution < -0.4 is 5.73 Å². The molecule has 0 spiro atoms. The smallest absolute Gasteiger partial charge is 0.151 e. The summed E-state index contributed by atoms with van der Waals surface area (Å²) >= 11 is 0. The van der Waals surface area contributed by atoms with Gasteiger partial charge in [-0.25, -0.2) is 9.37 Å². The standard InChI is InChI=1S/C17H24FN3/c1-2-21-14-9-7-8-13(18)15(14)20-16(21)17(12-19)10-5-3-4-6-11-17/h7-9H,2-6,10-12,19H2,1H3. The van der Waals surface area contributed by atoms with Crippen LogP contribution in [0.15, 0.2) is 18.2 Å². The largest absolute Gasteiger partial charge is 0.329 e. The van der Waals surface area contributed by atoms with Gasteiger partial charge in [-0.05, 0) is 31.9 Å². The number of benzene rings is 1. The van der Waals surface area contributed by atoms with Crippen molar-refractivity contribution in [3.8, 4) is 0 Å². The molecule has 0 atom stereocenters. The number of aryl methyl sites for hydroxylation is 1. The van der Waals surface area contributed by atoms with Crippen molar-refractivity contribution in [2.75, 3.05) is 6.54 Å². The molecule has 0 bridgehead atoms. The van der Waals surface area contributed by atoms with Gasteiger partial charge in [-0.15, -0.1) is 0 Å². The lowest BCUT2D eigenvalue weighted by molar-refractivity contribution is 0.347. The third kappa shape index (κ3) is 2.35. The lowest BCUT2D eigenvalue weighted by atomic mass is 9.79. The highest BCUT2D eigenvalue weighted by Crippen LogP contribution is 2.38. The molecule has 1 aromatic carbocycles. The van der Waals surface area contributed by atoms with Crippen LogP contribution >= 0.6 is 0 Å². The zero-order valence-corrected chi connectivity index (χ0v) is 12.7. The Balaban J connectivity index is 2.19. The van der Waals surface area contributed by atoms with Crippen LogP contribution in [0.25, 0.3) is 11.0 Å². The van der Waals surface area contributed by atoms with E-state index in [1.165, 1.54) is 31.7 Å². The Labute approximate surface area is 125 Å². The number of nitrogens with zero attached hydrogens (tertiary/aromatic N) is 2. The summed E-state index contributed by atoms with van der Waals surface area (Å²) in [6.45, 7) is 3.49. The Morgan fingerprint density at radius 1 is 1.24 bits per heavy atom. The summed E-state index contributed by atoms with van der Waals surface area (Å²) < 4.78 is 16.2. The molecule has 0 aliphatic heterocycles. The first-order valence-corrected chi connectivity index (χ1v) is 8.07. The van der Waals surface area contributed by atoms with Crippen LogP contribution in [0, 0.1) is 5.82 Å². The molecule has 0 amide bonds. The van der Waals surface area contributed by atoms with Crippen molar-refractivity contribution in [3.63, 3.8) is 0 Å². The second-order valence-corrected chi connectivity index (χ2v) is 6.19. The monoisotopic (exact) mass is 289 g/mol. The molecule has 2 N–H and O–H groups in total. The highest BCUT2D eigenvalue weighted by molar-refractivity contribution is 5.77. The number of rotatable bonds is 3. The highest BCUT2D eigenvalue weighted by atomic mass is 19.1. The Kier molecular flexibility index (Phi) is 3.98. The van der Waals surface area contributed by atoms with Crippen molar-refractivity contribution in [1.29, 1.82) is 0 Å². The first kappa shape index (κ1) is 14.5. The quantitative estimate of drug-likeness (QED) is 0.875. The lowest BCUT2D eigenvalue weighted by Gasteiger charge is -2.31. The van der Waals surface area contributed by atoms with Crippen molar-refractivity contribution in [3.05, 3.63) is 29.8 Å². The van der Waals surface area contributed by atoms with E-state index >= 15 is 0 Å². The van der Waals surface area contributed by atoms with Gasteiger partial charge in [0.2, 0.25) is 0 Å². The molecule has 3 nitrogen and oxygen atoms in total. The summed E-state index contributed by atoms with van der Waals surface area (Å²) in [4.78, 5) is 4.70. The maximum atomic E-state index is 14.1. The van der Waals surface area contributed by atoms with Crippen LogP contribution in [0.3, 0.4) is 0 Å². The third-order valence-corrected chi connectivity index (χ3v) is 4.97. The van der Waals surface area contributed by atoms with Gasteiger partial charge in [-0.1, -0.05) is 31.7 Å². The van der Waals surface area contributed by atoms with Gasteiger partial charge in [0.25, 0.3) is 0 Å². The summed E-state index contributed by atoms with van der Waals surface area (Å²) in [5.41, 5.74) is 7.48. The second kappa shape index (κ2) is 5.76. The van der Waals surface area contributed by atoms with E-state index in [4.69, 9.17) is 10.7 Å². The number of nitrogens with two attached hydrogens (primary N) is 1. The van der Waals surface area contributed by atoms with E-state index in [2.05, 4.69) is 11.5 Å². The predicted octanol–water partition coefficient (Wildman–Crippen LogP) is 3.75. The van der Waals surface area contributed by atoms with Crippen LogP contribution in [-0.4, -0.2) is 16.1 Å². The van der Waals surface area contributed by atoms with Crippen molar-refractivity contribution >= 4 is 11.0 Å². The van der Waals surface area contributed by atoms with Gasteiger partial charge in [0.15, 0.2) is 5.82 Å². The molecule has 1 heterocycles. The fourth-order valence-electron chi connectivity index (χ4n) is 3.76. The van der Waals surface area contributed by atoms with Gasteiger partial charge in [-0.3, -0.25) is 0 Å². The van der Waals surface area contributed by atoms with Gasteiger partial charge in [0.05, 0.1) is 5.52 Å². The molecule has 1 aliphatic carbocycles. The van der Waals surface area contributed by atoms with Crippen molar-refractivity contribution in [2.24, 2.45) is 5.73 Å². The van der Waals surface area contributed by atoms with Crippen LogP contribution in [0.2, 0.25) is 0 Å². The Bertz CT molecular complexity index is 624. The summed E-state index contributed by atoms with van der Waals surface area (Å²) in [6.07, 6.45) is 7.03. The van der Waals surface area contributed by atoms with Crippen molar-refractivity contribution in [1.82, 2.24) is 9.55 Å². The van der Waals surface area contributed by atoms with Crippen LogP contribution in [0.5, 0.6) is 0 Å². The normalized spacial score (nSPS) is 18.8. The Morgan fingerprint density at radius 2 is 1.95 bits per heavy atom. The summed E-state index contributed by atoms with van der Waals surface area (Å²) in [5, 5.41) is 0. The van der Waals surface area contributed by atoms with Gasteiger partial charge in [0, 0.05) is 18.5 Å². The Morgan fingerprint density at radius 3 is 2.57 bits per heavy atom. The topological polar surface area (TPSA) is 43.8 Å². The van der Waals surface area contributed by atoms with Gasteiger partial charge < -0.3 is 10.3 Å². The fraction of sp³-hybridized carbons (Fsp3) is 0.588. The Hall–Kier alpha value is -1.42. The number of fused-ring (bicyclic) bond motifs is 1. The van der Waals surface area contributed by atoms with Crippen LogP contribution in [0.4, 0.5) is 4.39 Å². The number of imidazole rings is 1. The molecule has 1 saturated carbocycles. The highest BCUT2D eigenvalue weighted by Gasteiger charge is 2.36. The van der Waals surface area contributed by atoms with E-state index in [1.807, 2.05) is 6.07 Å². The van der Waals surface area contributed by atoms with Crippen molar-refractivity contribution in [2.45, 2.75) is 57.4 Å². The van der Waals surface area contributed by atoms with Crippen LogP contribution in [0.1, 0.15) is 51.3 Å². The molecule has 3 rings (SSSR count). The average molecular weight is 289 g/mol.